The predicted molar refractivity (Wildman–Crippen MR) is 50.2 cm³/mol. The minimum atomic E-state index is -0.0137. The van der Waals surface area contributed by atoms with E-state index < -0.39 is 0 Å². The lowest BCUT2D eigenvalue weighted by Gasteiger charge is -1.96. The van der Waals surface area contributed by atoms with Crippen LogP contribution in [0.2, 0.25) is 0 Å². The molecule has 1 rings (SSSR count). The van der Waals surface area contributed by atoms with E-state index in [0.29, 0.717) is 22.2 Å². The summed E-state index contributed by atoms with van der Waals surface area (Å²) in [5.74, 6) is 1.32. The molecule has 0 unspecified atom stereocenters. The van der Waals surface area contributed by atoms with Gasteiger partial charge in [-0.2, -0.15) is 0 Å². The van der Waals surface area contributed by atoms with E-state index in [1.807, 2.05) is 0 Å². The molecule has 0 saturated heterocycles. The van der Waals surface area contributed by atoms with Crippen molar-refractivity contribution in [3.63, 3.8) is 0 Å². The first-order chi connectivity index (χ1) is 5.26. The maximum Gasteiger partial charge on any atom is 0.185 e. The Kier molecular flexibility index (Phi) is 3.33. The maximum atomic E-state index is 10.9. The zero-order valence-corrected chi connectivity index (χ0v) is 8.81. The summed E-state index contributed by atoms with van der Waals surface area (Å²) in [6.45, 7) is 0. The first kappa shape index (κ1) is 9.00. The van der Waals surface area contributed by atoms with E-state index in [9.17, 15) is 4.79 Å². The molecule has 0 aliphatic rings. The van der Waals surface area contributed by atoms with Crippen molar-refractivity contribution < 1.29 is 4.42 Å². The Balaban J connectivity index is 3.12. The van der Waals surface area contributed by atoms with Gasteiger partial charge in [-0.3, -0.25) is 4.79 Å². The molecule has 0 fully saturated rings. The molecule has 0 atom stereocenters. The molecule has 0 amide bonds. The third kappa shape index (κ3) is 2.45. The van der Waals surface area contributed by atoms with Crippen molar-refractivity contribution in [2.75, 3.05) is 0 Å². The smallest absolute Gasteiger partial charge is 0.185 e. The lowest BCUT2D eigenvalue weighted by molar-refractivity contribution is 0.479. The van der Waals surface area contributed by atoms with Crippen molar-refractivity contribution in [3.8, 4) is 0 Å². The molecule has 0 bridgehead atoms. The highest BCUT2D eigenvalue weighted by molar-refractivity contribution is 9.08. The molecule has 2 nitrogen and oxygen atoms in total. The zero-order valence-electron chi connectivity index (χ0n) is 5.64. The fraction of sp³-hybridized carbons (Fsp3) is 0.286. The lowest BCUT2D eigenvalue weighted by Crippen LogP contribution is -2.00. The van der Waals surface area contributed by atoms with Crippen molar-refractivity contribution in [1.29, 1.82) is 0 Å². The van der Waals surface area contributed by atoms with Crippen molar-refractivity contribution in [2.24, 2.45) is 0 Å². The third-order valence-electron chi connectivity index (χ3n) is 1.13. The molecule has 0 aromatic carbocycles. The summed E-state index contributed by atoms with van der Waals surface area (Å²) in [7, 11) is 0. The summed E-state index contributed by atoms with van der Waals surface area (Å²) < 4.78 is 5.26. The highest BCUT2D eigenvalue weighted by Gasteiger charge is 1.98. The Hall–Kier alpha value is -0.0900. The van der Waals surface area contributed by atoms with Crippen LogP contribution in [0.5, 0.6) is 0 Å². The summed E-state index contributed by atoms with van der Waals surface area (Å²) in [5.41, 5.74) is -0.0137. The summed E-state index contributed by atoms with van der Waals surface area (Å²) in [4.78, 5) is 10.9. The van der Waals surface area contributed by atoms with E-state index in [2.05, 4.69) is 31.9 Å². The van der Waals surface area contributed by atoms with Gasteiger partial charge >= 0.3 is 0 Å². The average molecular weight is 282 g/mol. The van der Waals surface area contributed by atoms with Gasteiger partial charge in [-0.25, -0.2) is 0 Å². The van der Waals surface area contributed by atoms with E-state index in [0.717, 1.165) is 0 Å². The van der Waals surface area contributed by atoms with Gasteiger partial charge in [-0.1, -0.05) is 31.9 Å². The second-order valence-electron chi connectivity index (χ2n) is 1.99. The summed E-state index contributed by atoms with van der Waals surface area (Å²) in [6, 6.07) is 2.95. The van der Waals surface area contributed by atoms with Crippen molar-refractivity contribution >= 4 is 31.9 Å². The molecule has 0 radical (unpaired) electrons. The van der Waals surface area contributed by atoms with Gasteiger partial charge < -0.3 is 4.42 Å². The van der Waals surface area contributed by atoms with Gasteiger partial charge in [0.25, 0.3) is 0 Å². The summed E-state index contributed by atoms with van der Waals surface area (Å²) in [6.07, 6.45) is 0. The molecule has 1 aromatic rings. The quantitative estimate of drug-likeness (QED) is 0.780. The Labute approximate surface area is 80.9 Å². The molecule has 1 heterocycles. The first-order valence-corrected chi connectivity index (χ1v) is 5.25. The van der Waals surface area contributed by atoms with Crippen LogP contribution in [0.4, 0.5) is 0 Å². The second kappa shape index (κ2) is 4.07. The largest absolute Gasteiger partial charge is 0.464 e. The van der Waals surface area contributed by atoms with Gasteiger partial charge in [0.05, 0.1) is 10.7 Å². The van der Waals surface area contributed by atoms with Crippen LogP contribution in [0.25, 0.3) is 0 Å². The van der Waals surface area contributed by atoms with Gasteiger partial charge in [0, 0.05) is 12.1 Å². The van der Waals surface area contributed by atoms with E-state index in [-0.39, 0.29) is 5.43 Å². The molecule has 11 heavy (non-hydrogen) atoms. The third-order valence-corrected chi connectivity index (χ3v) is 2.24. The molecule has 0 aliphatic carbocycles. The molecule has 0 N–H and O–H groups in total. The Bertz CT molecular complexity index is 267. The van der Waals surface area contributed by atoms with Crippen molar-refractivity contribution in [2.45, 2.75) is 10.7 Å². The summed E-state index contributed by atoms with van der Waals surface area (Å²) in [5, 5.41) is 1.14. The van der Waals surface area contributed by atoms with Gasteiger partial charge in [-0.05, 0) is 0 Å². The Morgan fingerprint density at radius 1 is 1.18 bits per heavy atom. The molecule has 1 aromatic heterocycles. The van der Waals surface area contributed by atoms with Gasteiger partial charge in [0.15, 0.2) is 5.43 Å². The van der Waals surface area contributed by atoms with Crippen LogP contribution in [-0.4, -0.2) is 0 Å². The number of halogens is 2. The highest BCUT2D eigenvalue weighted by atomic mass is 79.9. The van der Waals surface area contributed by atoms with E-state index in [1.165, 1.54) is 12.1 Å². The number of hydrogen-bond donors (Lipinski definition) is 0. The van der Waals surface area contributed by atoms with Gasteiger partial charge in [0.2, 0.25) is 0 Å². The molecule has 60 valence electrons. The minimum absolute atomic E-state index is 0.0137. The topological polar surface area (TPSA) is 30.2 Å². The van der Waals surface area contributed by atoms with E-state index in [1.54, 1.807) is 0 Å². The van der Waals surface area contributed by atoms with Crippen LogP contribution < -0.4 is 5.43 Å². The molecular weight excluding hydrogens is 276 g/mol. The van der Waals surface area contributed by atoms with Crippen LogP contribution in [0.15, 0.2) is 21.3 Å². The van der Waals surface area contributed by atoms with Gasteiger partial charge in [0.1, 0.15) is 11.5 Å². The van der Waals surface area contributed by atoms with Crippen LogP contribution >= 0.6 is 31.9 Å². The zero-order chi connectivity index (χ0) is 8.27. The monoisotopic (exact) mass is 280 g/mol. The SMILES string of the molecule is O=c1cc(CBr)oc(CBr)c1. The van der Waals surface area contributed by atoms with Crippen molar-refractivity contribution in [1.82, 2.24) is 0 Å². The second-order valence-corrected chi connectivity index (χ2v) is 3.11. The standard InChI is InChI=1S/C7H6Br2O2/c8-3-6-1-5(10)2-7(4-9)11-6/h1-2H,3-4H2. The average Bonchev–Trinajstić information content (AvgIpc) is 2.03. The molecular formula is C7H6Br2O2. The number of alkyl halides is 2. The highest BCUT2D eigenvalue weighted by Crippen LogP contribution is 2.08. The fourth-order valence-corrected chi connectivity index (χ4v) is 1.27. The molecule has 4 heteroatoms. The van der Waals surface area contributed by atoms with Gasteiger partial charge in [-0.15, -0.1) is 0 Å². The number of rotatable bonds is 2. The summed E-state index contributed by atoms with van der Waals surface area (Å²) >= 11 is 6.41. The Morgan fingerprint density at radius 3 is 2.00 bits per heavy atom. The fourth-order valence-electron chi connectivity index (χ4n) is 0.718. The van der Waals surface area contributed by atoms with Crippen LogP contribution in [0.1, 0.15) is 11.5 Å². The number of hydrogen-bond acceptors (Lipinski definition) is 2. The molecule has 0 spiro atoms. The molecule has 0 saturated carbocycles. The lowest BCUT2D eigenvalue weighted by atomic mass is 10.4. The minimum Gasteiger partial charge on any atom is -0.464 e. The van der Waals surface area contributed by atoms with Crippen LogP contribution in [0.3, 0.4) is 0 Å². The van der Waals surface area contributed by atoms with E-state index >= 15 is 0 Å². The maximum absolute atomic E-state index is 10.9. The molecule has 0 aliphatic heterocycles. The van der Waals surface area contributed by atoms with E-state index in [4.69, 9.17) is 4.42 Å². The normalized spacial score (nSPS) is 10.0. The Morgan fingerprint density at radius 2 is 1.64 bits per heavy atom. The van der Waals surface area contributed by atoms with Crippen molar-refractivity contribution in [3.05, 3.63) is 33.9 Å². The first-order valence-electron chi connectivity index (χ1n) is 3.01. The van der Waals surface area contributed by atoms with Crippen LogP contribution in [-0.2, 0) is 10.7 Å². The van der Waals surface area contributed by atoms with Crippen LogP contribution in [0, 0.1) is 0 Å². The predicted octanol–water partition coefficient (Wildman–Crippen LogP) is 2.43.